The van der Waals surface area contributed by atoms with Crippen molar-refractivity contribution in [2.24, 2.45) is 5.73 Å². The van der Waals surface area contributed by atoms with Crippen molar-refractivity contribution >= 4 is 36.1 Å². The monoisotopic (exact) mass is 243 g/mol. The number of aliphatic carboxylic acids is 1. The second-order valence-electron chi connectivity index (χ2n) is 2.26. The largest absolute Gasteiger partial charge is 0.480 e. The van der Waals surface area contributed by atoms with E-state index in [1.165, 1.54) is 0 Å². The highest BCUT2D eigenvalue weighted by molar-refractivity contribution is 8.00. The van der Waals surface area contributed by atoms with E-state index in [-0.39, 0.29) is 29.9 Å². The molecule has 0 radical (unpaired) electrons. The Kier molecular flexibility index (Phi) is 10.4. The lowest BCUT2D eigenvalue weighted by Gasteiger charge is -2.05. The van der Waals surface area contributed by atoms with Crippen LogP contribution in [0.1, 0.15) is 6.92 Å². The summed E-state index contributed by atoms with van der Waals surface area (Å²) in [5.41, 5.74) is 5.20. The molecule has 84 valence electrons. The van der Waals surface area contributed by atoms with E-state index < -0.39 is 12.0 Å². The number of carbonyl (C=O) groups excluding carboxylic acids is 1. The van der Waals surface area contributed by atoms with E-state index in [1.807, 2.05) is 0 Å². The summed E-state index contributed by atoms with van der Waals surface area (Å²) < 4.78 is 4.64. The van der Waals surface area contributed by atoms with Gasteiger partial charge in [-0.3, -0.25) is 9.59 Å². The fraction of sp³-hybridized carbons (Fsp3) is 0.714. The molecule has 0 heterocycles. The molecule has 0 amide bonds. The van der Waals surface area contributed by atoms with Crippen LogP contribution in [0.3, 0.4) is 0 Å². The lowest BCUT2D eigenvalue weighted by Crippen LogP contribution is -2.32. The first kappa shape index (κ1) is 16.0. The third kappa shape index (κ3) is 8.15. The molecule has 0 saturated carbocycles. The molecule has 7 heteroatoms. The van der Waals surface area contributed by atoms with Gasteiger partial charge in [0.2, 0.25) is 0 Å². The molecule has 0 unspecified atom stereocenters. The number of esters is 1. The molecule has 0 aliphatic heterocycles. The van der Waals surface area contributed by atoms with Crippen molar-refractivity contribution in [2.75, 3.05) is 18.1 Å². The van der Waals surface area contributed by atoms with E-state index in [0.717, 1.165) is 11.8 Å². The Morgan fingerprint density at radius 2 is 2.14 bits per heavy atom. The Balaban J connectivity index is 0. The van der Waals surface area contributed by atoms with E-state index >= 15 is 0 Å². The van der Waals surface area contributed by atoms with Crippen LogP contribution in [-0.2, 0) is 14.3 Å². The molecule has 0 aliphatic carbocycles. The topological polar surface area (TPSA) is 89.6 Å². The molecule has 0 spiro atoms. The van der Waals surface area contributed by atoms with Crippen LogP contribution < -0.4 is 5.73 Å². The Morgan fingerprint density at radius 3 is 2.57 bits per heavy atom. The fourth-order valence-electron chi connectivity index (χ4n) is 0.543. The Bertz CT molecular complexity index is 191. The lowest BCUT2D eigenvalue weighted by atomic mass is 10.4. The van der Waals surface area contributed by atoms with Gasteiger partial charge in [-0.1, -0.05) is 0 Å². The summed E-state index contributed by atoms with van der Waals surface area (Å²) in [4.78, 5) is 21.0. The van der Waals surface area contributed by atoms with E-state index in [1.54, 1.807) is 6.92 Å². The van der Waals surface area contributed by atoms with Crippen LogP contribution >= 0.6 is 24.2 Å². The van der Waals surface area contributed by atoms with Crippen LogP contribution in [0, 0.1) is 0 Å². The highest BCUT2D eigenvalue weighted by atomic mass is 35.5. The molecule has 5 nitrogen and oxygen atoms in total. The zero-order chi connectivity index (χ0) is 10.3. The normalized spacial score (nSPS) is 11.3. The van der Waals surface area contributed by atoms with Crippen molar-refractivity contribution in [2.45, 2.75) is 13.0 Å². The zero-order valence-corrected chi connectivity index (χ0v) is 9.40. The van der Waals surface area contributed by atoms with Gasteiger partial charge in [-0.2, -0.15) is 0 Å². The molecule has 3 N–H and O–H groups in total. The van der Waals surface area contributed by atoms with Crippen LogP contribution in [0.5, 0.6) is 0 Å². The summed E-state index contributed by atoms with van der Waals surface area (Å²) in [7, 11) is 0. The minimum absolute atomic E-state index is 0. The van der Waals surface area contributed by atoms with Gasteiger partial charge in [0.1, 0.15) is 6.04 Å². The summed E-state index contributed by atoms with van der Waals surface area (Å²) >= 11 is 1.16. The standard InChI is InChI=1S/C7H13NO4S.ClH/c1-2-12-6(9)4-13-3-5(8)7(10)11;/h5H,2-4,8H2,1H3,(H,10,11);1H/t5-;/m0./s1. The maximum absolute atomic E-state index is 10.8. The third-order valence-corrected chi connectivity index (χ3v) is 2.17. The number of hydrogen-bond donors (Lipinski definition) is 2. The first-order chi connectivity index (χ1) is 6.07. The highest BCUT2D eigenvalue weighted by Gasteiger charge is 2.12. The second kappa shape index (κ2) is 9.11. The van der Waals surface area contributed by atoms with Gasteiger partial charge in [0, 0.05) is 5.75 Å². The van der Waals surface area contributed by atoms with Crippen molar-refractivity contribution in [3.05, 3.63) is 0 Å². The number of thioether (sulfide) groups is 1. The van der Waals surface area contributed by atoms with Crippen LogP contribution in [0.15, 0.2) is 0 Å². The lowest BCUT2D eigenvalue weighted by molar-refractivity contribution is -0.140. The average Bonchev–Trinajstić information content (AvgIpc) is 2.04. The maximum atomic E-state index is 10.8. The molecule has 0 bridgehead atoms. The number of rotatable bonds is 6. The Labute approximate surface area is 92.8 Å². The van der Waals surface area contributed by atoms with E-state index in [0.29, 0.717) is 6.61 Å². The summed E-state index contributed by atoms with van der Waals surface area (Å²) in [5, 5.41) is 8.40. The third-order valence-electron chi connectivity index (χ3n) is 1.14. The minimum atomic E-state index is -1.06. The van der Waals surface area contributed by atoms with Crippen LogP contribution in [-0.4, -0.2) is 41.2 Å². The van der Waals surface area contributed by atoms with Crippen LogP contribution in [0.25, 0.3) is 0 Å². The Morgan fingerprint density at radius 1 is 1.57 bits per heavy atom. The number of carboxylic acids is 1. The SMILES string of the molecule is CCOC(=O)CSC[C@H](N)C(=O)O.Cl. The van der Waals surface area contributed by atoms with Crippen molar-refractivity contribution in [3.8, 4) is 0 Å². The first-order valence-electron chi connectivity index (χ1n) is 3.79. The first-order valence-corrected chi connectivity index (χ1v) is 4.95. The van der Waals surface area contributed by atoms with Crippen molar-refractivity contribution in [1.29, 1.82) is 0 Å². The summed E-state index contributed by atoms with van der Waals surface area (Å²) in [6.07, 6.45) is 0. The predicted octanol–water partition coefficient (Wildman–Crippen LogP) is 0.116. The molecule has 0 fully saturated rings. The van der Waals surface area contributed by atoms with Crippen LogP contribution in [0.2, 0.25) is 0 Å². The predicted molar refractivity (Wildman–Crippen MR) is 56.8 cm³/mol. The smallest absolute Gasteiger partial charge is 0.321 e. The second-order valence-corrected chi connectivity index (χ2v) is 3.30. The highest BCUT2D eigenvalue weighted by Crippen LogP contribution is 2.02. The summed E-state index contributed by atoms with van der Waals surface area (Å²) in [6.45, 7) is 2.05. The number of ether oxygens (including phenoxy) is 1. The molecule has 0 aliphatic rings. The number of carboxylic acid groups (broad SMARTS) is 1. The molecular formula is C7H14ClNO4S. The van der Waals surface area contributed by atoms with Crippen molar-refractivity contribution in [3.63, 3.8) is 0 Å². The van der Waals surface area contributed by atoms with Gasteiger partial charge in [0.25, 0.3) is 0 Å². The number of nitrogens with two attached hydrogens (primary N) is 1. The van der Waals surface area contributed by atoms with Gasteiger partial charge in [-0.25, -0.2) is 0 Å². The molecule has 0 aromatic carbocycles. The van der Waals surface area contributed by atoms with Crippen molar-refractivity contribution < 1.29 is 19.4 Å². The molecular weight excluding hydrogens is 230 g/mol. The zero-order valence-electron chi connectivity index (χ0n) is 7.76. The molecule has 0 rings (SSSR count). The van der Waals surface area contributed by atoms with Gasteiger partial charge >= 0.3 is 11.9 Å². The van der Waals surface area contributed by atoms with Gasteiger partial charge in [-0.15, -0.1) is 24.2 Å². The van der Waals surface area contributed by atoms with Gasteiger partial charge in [-0.05, 0) is 6.92 Å². The summed E-state index contributed by atoms with van der Waals surface area (Å²) in [5.74, 6) is -1.04. The van der Waals surface area contributed by atoms with E-state index in [9.17, 15) is 9.59 Å². The van der Waals surface area contributed by atoms with E-state index in [2.05, 4.69) is 4.74 Å². The number of hydrogen-bond acceptors (Lipinski definition) is 5. The molecule has 0 aromatic rings. The van der Waals surface area contributed by atoms with E-state index in [4.69, 9.17) is 10.8 Å². The number of carbonyl (C=O) groups is 2. The molecule has 14 heavy (non-hydrogen) atoms. The van der Waals surface area contributed by atoms with Gasteiger partial charge in [0.05, 0.1) is 12.4 Å². The summed E-state index contributed by atoms with van der Waals surface area (Å²) in [6, 6.07) is -0.917. The quantitative estimate of drug-likeness (QED) is 0.644. The Hall–Kier alpha value is -0.460. The van der Waals surface area contributed by atoms with Gasteiger partial charge in [0.15, 0.2) is 0 Å². The van der Waals surface area contributed by atoms with Gasteiger partial charge < -0.3 is 15.6 Å². The fourth-order valence-corrected chi connectivity index (χ4v) is 1.31. The van der Waals surface area contributed by atoms with Crippen molar-refractivity contribution in [1.82, 2.24) is 0 Å². The average molecular weight is 244 g/mol. The molecule has 0 saturated heterocycles. The van der Waals surface area contributed by atoms with Crippen LogP contribution in [0.4, 0.5) is 0 Å². The molecule has 0 aromatic heterocycles. The minimum Gasteiger partial charge on any atom is -0.480 e. The number of halogens is 1. The maximum Gasteiger partial charge on any atom is 0.321 e. The molecule has 1 atom stereocenters.